The lowest BCUT2D eigenvalue weighted by Gasteiger charge is -2.20. The van der Waals surface area contributed by atoms with E-state index in [0.29, 0.717) is 6.61 Å². The van der Waals surface area contributed by atoms with E-state index in [1.165, 1.54) is 6.42 Å². The predicted molar refractivity (Wildman–Crippen MR) is 64.0 cm³/mol. The van der Waals surface area contributed by atoms with Gasteiger partial charge in [0.15, 0.2) is 5.82 Å². The van der Waals surface area contributed by atoms with E-state index in [4.69, 9.17) is 4.74 Å². The lowest BCUT2D eigenvalue weighted by molar-refractivity contribution is 0.176. The van der Waals surface area contributed by atoms with E-state index >= 15 is 0 Å². The van der Waals surface area contributed by atoms with Gasteiger partial charge in [-0.15, -0.1) is 10.2 Å². The van der Waals surface area contributed by atoms with Crippen molar-refractivity contribution in [2.75, 3.05) is 13.7 Å². The van der Waals surface area contributed by atoms with Crippen LogP contribution in [0.2, 0.25) is 0 Å². The molecule has 1 aliphatic heterocycles. The van der Waals surface area contributed by atoms with Crippen molar-refractivity contribution in [3.63, 3.8) is 0 Å². The summed E-state index contributed by atoms with van der Waals surface area (Å²) in [7, 11) is 1.65. The van der Waals surface area contributed by atoms with Gasteiger partial charge in [-0.25, -0.2) is 0 Å². The third-order valence-corrected chi connectivity index (χ3v) is 4.33. The Kier molecular flexibility index (Phi) is 2.61. The lowest BCUT2D eigenvalue weighted by Crippen LogP contribution is -2.33. The standard InChI is InChI=1S/C10H15N5OS/c1-10(4-3-5-11-10)8-14-15-7(6-16-2)12-13-9(15)17-8/h11H,3-6H2,1-2H3. The summed E-state index contributed by atoms with van der Waals surface area (Å²) in [5.41, 5.74) is -0.00426. The van der Waals surface area contributed by atoms with Gasteiger partial charge >= 0.3 is 0 Å². The van der Waals surface area contributed by atoms with Crippen molar-refractivity contribution >= 4 is 16.3 Å². The van der Waals surface area contributed by atoms with Crippen molar-refractivity contribution < 1.29 is 4.74 Å². The molecule has 1 unspecified atom stereocenters. The molecule has 17 heavy (non-hydrogen) atoms. The summed E-state index contributed by atoms with van der Waals surface area (Å²) in [6.45, 7) is 3.69. The van der Waals surface area contributed by atoms with Crippen molar-refractivity contribution in [2.24, 2.45) is 0 Å². The molecule has 2 aromatic rings. The highest BCUT2D eigenvalue weighted by atomic mass is 32.1. The largest absolute Gasteiger partial charge is 0.377 e. The summed E-state index contributed by atoms with van der Waals surface area (Å²) in [5.74, 6) is 0.756. The number of nitrogens with zero attached hydrogens (tertiary/aromatic N) is 4. The van der Waals surface area contributed by atoms with Crippen LogP contribution in [-0.2, 0) is 16.9 Å². The summed E-state index contributed by atoms with van der Waals surface area (Å²) in [6.07, 6.45) is 2.32. The Morgan fingerprint density at radius 2 is 2.41 bits per heavy atom. The van der Waals surface area contributed by atoms with E-state index in [1.807, 2.05) is 0 Å². The van der Waals surface area contributed by atoms with E-state index in [2.05, 4.69) is 27.5 Å². The van der Waals surface area contributed by atoms with Crippen molar-refractivity contribution in [1.29, 1.82) is 0 Å². The Bertz CT molecular complexity index is 528. The maximum absolute atomic E-state index is 5.08. The Morgan fingerprint density at radius 3 is 3.12 bits per heavy atom. The number of nitrogens with one attached hydrogen (secondary N) is 1. The van der Waals surface area contributed by atoms with E-state index in [-0.39, 0.29) is 5.54 Å². The van der Waals surface area contributed by atoms with Gasteiger partial charge in [0, 0.05) is 7.11 Å². The molecule has 3 rings (SSSR count). The van der Waals surface area contributed by atoms with Crippen molar-refractivity contribution in [2.45, 2.75) is 31.9 Å². The molecule has 3 heterocycles. The SMILES string of the molecule is COCc1nnc2sc(C3(C)CCCN3)nn12. The van der Waals surface area contributed by atoms with Crippen LogP contribution in [0, 0.1) is 0 Å². The molecule has 92 valence electrons. The summed E-state index contributed by atoms with van der Waals surface area (Å²) in [6, 6.07) is 0. The third kappa shape index (κ3) is 1.74. The fraction of sp³-hybridized carbons (Fsp3) is 0.700. The molecule has 7 heteroatoms. The molecule has 2 aromatic heterocycles. The van der Waals surface area contributed by atoms with Gasteiger partial charge in [-0.05, 0) is 26.3 Å². The maximum atomic E-state index is 5.08. The van der Waals surface area contributed by atoms with E-state index in [0.717, 1.165) is 28.8 Å². The minimum absolute atomic E-state index is 0.00426. The molecule has 1 fully saturated rings. The second kappa shape index (κ2) is 4.01. The normalized spacial score (nSPS) is 24.8. The molecule has 6 nitrogen and oxygen atoms in total. The number of fused-ring (bicyclic) bond motifs is 1. The molecule has 0 spiro atoms. The van der Waals surface area contributed by atoms with Gasteiger partial charge in [-0.3, -0.25) is 0 Å². The van der Waals surface area contributed by atoms with E-state index in [9.17, 15) is 0 Å². The molecule has 0 radical (unpaired) electrons. The average Bonchev–Trinajstić information content (AvgIpc) is 2.96. The van der Waals surface area contributed by atoms with Crippen LogP contribution in [-0.4, -0.2) is 33.5 Å². The minimum atomic E-state index is -0.00426. The lowest BCUT2D eigenvalue weighted by atomic mass is 10.0. The van der Waals surface area contributed by atoms with Crippen LogP contribution in [0.3, 0.4) is 0 Å². The van der Waals surface area contributed by atoms with E-state index in [1.54, 1.807) is 23.0 Å². The minimum Gasteiger partial charge on any atom is -0.377 e. The van der Waals surface area contributed by atoms with Crippen LogP contribution >= 0.6 is 11.3 Å². The molecule has 0 aliphatic carbocycles. The van der Waals surface area contributed by atoms with Gasteiger partial charge in [0.2, 0.25) is 4.96 Å². The monoisotopic (exact) mass is 253 g/mol. The van der Waals surface area contributed by atoms with Crippen LogP contribution in [0.4, 0.5) is 0 Å². The highest BCUT2D eigenvalue weighted by molar-refractivity contribution is 7.16. The summed E-state index contributed by atoms with van der Waals surface area (Å²) < 4.78 is 6.87. The number of methoxy groups -OCH3 is 1. The number of rotatable bonds is 3. The molecule has 0 bridgehead atoms. The Labute approximate surface area is 103 Å². The first kappa shape index (κ1) is 11.1. The molecular weight excluding hydrogens is 238 g/mol. The first-order valence-electron chi connectivity index (χ1n) is 5.68. The highest BCUT2D eigenvalue weighted by Crippen LogP contribution is 2.33. The van der Waals surface area contributed by atoms with Crippen LogP contribution in [0.25, 0.3) is 4.96 Å². The van der Waals surface area contributed by atoms with Crippen LogP contribution in [0.15, 0.2) is 0 Å². The molecule has 1 atom stereocenters. The van der Waals surface area contributed by atoms with Crippen molar-refractivity contribution in [1.82, 2.24) is 25.1 Å². The molecule has 0 aromatic carbocycles. The first-order chi connectivity index (χ1) is 8.23. The predicted octanol–water partition coefficient (Wildman–Crippen LogP) is 0.931. The van der Waals surface area contributed by atoms with Gasteiger partial charge in [0.05, 0.1) is 5.54 Å². The van der Waals surface area contributed by atoms with Crippen molar-refractivity contribution in [3.8, 4) is 0 Å². The number of hydrogen-bond donors (Lipinski definition) is 1. The second-order valence-electron chi connectivity index (χ2n) is 4.51. The molecule has 1 saturated heterocycles. The Hall–Kier alpha value is -1.05. The molecular formula is C10H15N5OS. The van der Waals surface area contributed by atoms with Crippen LogP contribution < -0.4 is 5.32 Å². The number of hydrogen-bond acceptors (Lipinski definition) is 6. The van der Waals surface area contributed by atoms with Gasteiger partial charge in [-0.1, -0.05) is 11.3 Å². The zero-order valence-corrected chi connectivity index (χ0v) is 10.8. The van der Waals surface area contributed by atoms with Crippen molar-refractivity contribution in [3.05, 3.63) is 10.8 Å². The van der Waals surface area contributed by atoms with Crippen LogP contribution in [0.1, 0.15) is 30.6 Å². The average molecular weight is 253 g/mol. The third-order valence-electron chi connectivity index (χ3n) is 3.17. The van der Waals surface area contributed by atoms with Gasteiger partial charge < -0.3 is 10.1 Å². The molecule has 0 saturated carbocycles. The summed E-state index contributed by atoms with van der Waals surface area (Å²) >= 11 is 1.60. The fourth-order valence-electron chi connectivity index (χ4n) is 2.18. The highest BCUT2D eigenvalue weighted by Gasteiger charge is 2.34. The zero-order chi connectivity index (χ0) is 11.9. The Balaban J connectivity index is 2.01. The first-order valence-corrected chi connectivity index (χ1v) is 6.50. The van der Waals surface area contributed by atoms with Gasteiger partial charge in [0.25, 0.3) is 0 Å². The topological polar surface area (TPSA) is 64.3 Å². The fourth-order valence-corrected chi connectivity index (χ4v) is 3.19. The number of aromatic nitrogens is 4. The maximum Gasteiger partial charge on any atom is 0.234 e. The van der Waals surface area contributed by atoms with Gasteiger partial charge in [-0.2, -0.15) is 9.61 Å². The quantitative estimate of drug-likeness (QED) is 0.881. The van der Waals surface area contributed by atoms with E-state index < -0.39 is 0 Å². The molecule has 1 aliphatic rings. The zero-order valence-electron chi connectivity index (χ0n) is 9.93. The molecule has 0 amide bonds. The van der Waals surface area contributed by atoms with Gasteiger partial charge in [0.1, 0.15) is 11.6 Å². The molecule has 1 N–H and O–H groups in total. The smallest absolute Gasteiger partial charge is 0.234 e. The second-order valence-corrected chi connectivity index (χ2v) is 5.47. The number of ether oxygens (including phenoxy) is 1. The van der Waals surface area contributed by atoms with Crippen LogP contribution in [0.5, 0.6) is 0 Å². The summed E-state index contributed by atoms with van der Waals surface area (Å²) in [5, 5.41) is 17.4. The Morgan fingerprint density at radius 1 is 1.53 bits per heavy atom. The summed E-state index contributed by atoms with van der Waals surface area (Å²) in [4.78, 5) is 0.835.